The van der Waals surface area contributed by atoms with Crippen molar-refractivity contribution >= 4 is 6.01 Å². The Labute approximate surface area is 142 Å². The summed E-state index contributed by atoms with van der Waals surface area (Å²) in [5.74, 6) is 2.21. The van der Waals surface area contributed by atoms with Crippen molar-refractivity contribution < 1.29 is 13.9 Å². The van der Waals surface area contributed by atoms with E-state index in [-0.39, 0.29) is 6.10 Å². The van der Waals surface area contributed by atoms with Crippen LogP contribution in [0.2, 0.25) is 0 Å². The Morgan fingerprint density at radius 2 is 1.88 bits per heavy atom. The number of para-hydroxylation sites is 2. The Morgan fingerprint density at radius 1 is 1.17 bits per heavy atom. The van der Waals surface area contributed by atoms with Crippen molar-refractivity contribution in [1.29, 1.82) is 0 Å². The van der Waals surface area contributed by atoms with Crippen LogP contribution in [0.5, 0.6) is 11.5 Å². The van der Waals surface area contributed by atoms with Crippen molar-refractivity contribution in [1.82, 2.24) is 15.1 Å². The molecule has 2 heterocycles. The topological polar surface area (TPSA) is 63.9 Å². The van der Waals surface area contributed by atoms with E-state index in [1.165, 1.54) is 0 Å². The molecule has 1 saturated heterocycles. The van der Waals surface area contributed by atoms with Gasteiger partial charge in [-0.1, -0.05) is 17.2 Å². The highest BCUT2D eigenvalue weighted by atomic mass is 16.5. The lowest BCUT2D eigenvalue weighted by Crippen LogP contribution is -2.38. The molecule has 0 radical (unpaired) electrons. The lowest BCUT2D eigenvalue weighted by atomic mass is 10.1. The molecule has 1 aromatic heterocycles. The molecule has 130 valence electrons. The summed E-state index contributed by atoms with van der Waals surface area (Å²) < 4.78 is 17.2. The van der Waals surface area contributed by atoms with Gasteiger partial charge in [-0.05, 0) is 26.2 Å². The number of rotatable bonds is 6. The third kappa shape index (κ3) is 3.97. The molecule has 0 aliphatic carbocycles. The van der Waals surface area contributed by atoms with Gasteiger partial charge in [0.15, 0.2) is 11.5 Å². The highest BCUT2D eigenvalue weighted by Crippen LogP contribution is 2.29. The molecule has 7 heteroatoms. The first-order valence-corrected chi connectivity index (χ1v) is 8.17. The van der Waals surface area contributed by atoms with Crippen molar-refractivity contribution in [2.45, 2.75) is 25.5 Å². The number of piperidine rings is 1. The second-order valence-corrected chi connectivity index (χ2v) is 6.17. The van der Waals surface area contributed by atoms with Crippen molar-refractivity contribution in [2.75, 3.05) is 39.2 Å². The Balaban J connectivity index is 1.55. The fourth-order valence-corrected chi connectivity index (χ4v) is 2.77. The number of hydrogen-bond donors (Lipinski definition) is 0. The Bertz CT molecular complexity index is 651. The second kappa shape index (κ2) is 7.53. The van der Waals surface area contributed by atoms with E-state index in [1.807, 2.05) is 43.3 Å². The summed E-state index contributed by atoms with van der Waals surface area (Å²) in [6.45, 7) is 2.33. The first-order chi connectivity index (χ1) is 11.7. The molecule has 0 unspecified atom stereocenters. The van der Waals surface area contributed by atoms with Crippen LogP contribution in [0.4, 0.5) is 6.01 Å². The molecule has 0 N–H and O–H groups in total. The number of nitrogens with zero attached hydrogens (tertiary/aromatic N) is 4. The third-order valence-corrected chi connectivity index (χ3v) is 3.98. The van der Waals surface area contributed by atoms with Crippen LogP contribution in [0, 0.1) is 0 Å². The largest absolute Gasteiger partial charge is 0.493 e. The van der Waals surface area contributed by atoms with Crippen molar-refractivity contribution in [3.63, 3.8) is 0 Å². The van der Waals surface area contributed by atoms with Crippen LogP contribution in [0.15, 0.2) is 28.7 Å². The van der Waals surface area contributed by atoms with Gasteiger partial charge in [0.1, 0.15) is 6.10 Å². The SMILES string of the molecule is COc1ccccc1OC1CCN(c2nnc(CN(C)C)o2)CC1. The minimum atomic E-state index is 0.168. The molecular weight excluding hydrogens is 308 g/mol. The zero-order valence-electron chi connectivity index (χ0n) is 14.4. The highest BCUT2D eigenvalue weighted by molar-refractivity contribution is 5.39. The second-order valence-electron chi connectivity index (χ2n) is 6.17. The van der Waals surface area contributed by atoms with Crippen LogP contribution in [0.3, 0.4) is 0 Å². The average Bonchev–Trinajstić information content (AvgIpc) is 3.04. The number of methoxy groups -OCH3 is 1. The fraction of sp³-hybridized carbons (Fsp3) is 0.529. The Kier molecular flexibility index (Phi) is 5.20. The van der Waals surface area contributed by atoms with Crippen LogP contribution >= 0.6 is 0 Å². The van der Waals surface area contributed by atoms with Gasteiger partial charge in [0.25, 0.3) is 0 Å². The van der Waals surface area contributed by atoms with E-state index in [4.69, 9.17) is 13.9 Å². The highest BCUT2D eigenvalue weighted by Gasteiger charge is 2.24. The molecule has 0 saturated carbocycles. The van der Waals surface area contributed by atoms with E-state index >= 15 is 0 Å². The van der Waals surface area contributed by atoms with E-state index in [2.05, 4.69) is 15.1 Å². The zero-order chi connectivity index (χ0) is 16.9. The molecule has 1 aromatic carbocycles. The monoisotopic (exact) mass is 332 g/mol. The predicted molar refractivity (Wildman–Crippen MR) is 90.5 cm³/mol. The normalized spacial score (nSPS) is 15.8. The molecule has 0 amide bonds. The first kappa shape index (κ1) is 16.6. The smallest absolute Gasteiger partial charge is 0.318 e. The maximum atomic E-state index is 6.09. The van der Waals surface area contributed by atoms with Gasteiger partial charge in [-0.3, -0.25) is 0 Å². The molecule has 0 spiro atoms. The van der Waals surface area contributed by atoms with Crippen LogP contribution < -0.4 is 14.4 Å². The third-order valence-electron chi connectivity index (χ3n) is 3.98. The summed E-state index contributed by atoms with van der Waals surface area (Å²) in [5.41, 5.74) is 0. The molecule has 1 fully saturated rings. The van der Waals surface area contributed by atoms with E-state index in [9.17, 15) is 0 Å². The number of ether oxygens (including phenoxy) is 2. The van der Waals surface area contributed by atoms with Crippen molar-refractivity contribution in [3.05, 3.63) is 30.2 Å². The van der Waals surface area contributed by atoms with Gasteiger partial charge < -0.3 is 23.7 Å². The number of anilines is 1. The van der Waals surface area contributed by atoms with E-state index in [0.29, 0.717) is 18.5 Å². The van der Waals surface area contributed by atoms with Gasteiger partial charge in [-0.25, -0.2) is 0 Å². The minimum absolute atomic E-state index is 0.168. The number of hydrogen-bond acceptors (Lipinski definition) is 7. The molecule has 3 rings (SSSR count). The van der Waals surface area contributed by atoms with Gasteiger partial charge in [-0.15, -0.1) is 5.10 Å². The van der Waals surface area contributed by atoms with Crippen molar-refractivity contribution in [3.8, 4) is 11.5 Å². The van der Waals surface area contributed by atoms with Gasteiger partial charge in [0.2, 0.25) is 5.89 Å². The lowest BCUT2D eigenvalue weighted by Gasteiger charge is -2.31. The summed E-state index contributed by atoms with van der Waals surface area (Å²) in [5, 5.41) is 8.24. The molecule has 1 aliphatic heterocycles. The molecule has 7 nitrogen and oxygen atoms in total. The van der Waals surface area contributed by atoms with Crippen LogP contribution in [0.1, 0.15) is 18.7 Å². The molecule has 2 aromatic rings. The van der Waals surface area contributed by atoms with Crippen LogP contribution in [-0.4, -0.2) is 55.5 Å². The first-order valence-electron chi connectivity index (χ1n) is 8.17. The molecule has 24 heavy (non-hydrogen) atoms. The van der Waals surface area contributed by atoms with E-state index in [0.717, 1.165) is 37.4 Å². The maximum Gasteiger partial charge on any atom is 0.318 e. The molecule has 1 aliphatic rings. The minimum Gasteiger partial charge on any atom is -0.493 e. The van der Waals surface area contributed by atoms with Gasteiger partial charge >= 0.3 is 6.01 Å². The summed E-state index contributed by atoms with van der Waals surface area (Å²) >= 11 is 0. The summed E-state index contributed by atoms with van der Waals surface area (Å²) in [4.78, 5) is 4.12. The maximum absolute atomic E-state index is 6.09. The summed E-state index contributed by atoms with van der Waals surface area (Å²) in [6.07, 6.45) is 1.98. The van der Waals surface area contributed by atoms with Crippen LogP contribution in [0.25, 0.3) is 0 Å². The predicted octanol–water partition coefficient (Wildman–Crippen LogP) is 2.19. The lowest BCUT2D eigenvalue weighted by molar-refractivity contribution is 0.163. The van der Waals surface area contributed by atoms with Gasteiger partial charge in [0.05, 0.1) is 13.7 Å². The van der Waals surface area contributed by atoms with Gasteiger partial charge in [0, 0.05) is 25.9 Å². The molecule has 0 atom stereocenters. The number of benzene rings is 1. The van der Waals surface area contributed by atoms with Crippen LogP contribution in [-0.2, 0) is 6.54 Å². The fourth-order valence-electron chi connectivity index (χ4n) is 2.77. The quantitative estimate of drug-likeness (QED) is 0.803. The Hall–Kier alpha value is -2.28. The summed E-state index contributed by atoms with van der Waals surface area (Å²) in [6, 6.07) is 8.35. The molecular formula is C17H24N4O3. The zero-order valence-corrected chi connectivity index (χ0v) is 14.4. The Morgan fingerprint density at radius 3 is 2.54 bits per heavy atom. The average molecular weight is 332 g/mol. The van der Waals surface area contributed by atoms with E-state index < -0.39 is 0 Å². The van der Waals surface area contributed by atoms with E-state index in [1.54, 1.807) is 7.11 Å². The molecule has 0 bridgehead atoms. The summed E-state index contributed by atoms with van der Waals surface area (Å²) in [7, 11) is 5.61. The standard InChI is InChI=1S/C17H24N4O3/c1-20(2)12-16-18-19-17(24-16)21-10-8-13(9-11-21)23-15-7-5-4-6-14(15)22-3/h4-7,13H,8-12H2,1-3H3. The van der Waals surface area contributed by atoms with Gasteiger partial charge in [-0.2, -0.15) is 0 Å². The van der Waals surface area contributed by atoms with Crippen molar-refractivity contribution in [2.24, 2.45) is 0 Å². The number of aromatic nitrogens is 2.